The molecule has 0 saturated carbocycles. The molecule has 0 aromatic heterocycles. The summed E-state index contributed by atoms with van der Waals surface area (Å²) in [6.45, 7) is 4.08. The molecule has 0 atom stereocenters. The molecule has 0 bridgehead atoms. The minimum Gasteiger partial charge on any atom is -0.342 e. The Balaban J connectivity index is 2.30. The maximum Gasteiger partial charge on any atom is 0.416 e. The number of hydrogen-bond donors (Lipinski definition) is 0. The quantitative estimate of drug-likeness (QED) is 0.678. The summed E-state index contributed by atoms with van der Waals surface area (Å²) in [4.78, 5) is 12.9. The van der Waals surface area contributed by atoms with E-state index in [-0.39, 0.29) is 16.7 Å². The number of likely N-dealkylation sites (tertiary alicyclic amines) is 1. The maximum atomic E-state index is 13.1. The number of carbonyl (C=O) groups excluding carboxylic acids is 1. The summed E-state index contributed by atoms with van der Waals surface area (Å²) in [6, 6.07) is 2.93. The van der Waals surface area contributed by atoms with Crippen LogP contribution < -0.4 is 0 Å². The second-order valence-electron chi connectivity index (χ2n) is 6.70. The smallest absolute Gasteiger partial charge is 0.342 e. The van der Waals surface area contributed by atoms with Crippen molar-refractivity contribution < 1.29 is 26.4 Å². The van der Waals surface area contributed by atoms with E-state index in [1.807, 2.05) is 0 Å². The summed E-state index contributed by atoms with van der Waals surface area (Å²) in [5.41, 5.74) is -1.00. The normalized spacial score (nSPS) is 17.0. The summed E-state index contributed by atoms with van der Waals surface area (Å²) in [5, 5.41) is 0. The maximum absolute atomic E-state index is 13.1. The molecule has 1 fully saturated rings. The highest BCUT2D eigenvalue weighted by Crippen LogP contribution is 2.33. The Morgan fingerprint density at radius 1 is 1.30 bits per heavy atom. The van der Waals surface area contributed by atoms with Crippen LogP contribution >= 0.6 is 11.6 Å². The summed E-state index contributed by atoms with van der Waals surface area (Å²) in [6.07, 6.45) is -3.82. The molecule has 0 radical (unpaired) electrons. The fourth-order valence-corrected chi connectivity index (χ4v) is 5.40. The lowest BCUT2D eigenvalue weighted by atomic mass is 10.0. The van der Waals surface area contributed by atoms with Crippen molar-refractivity contribution in [3.8, 4) is 0 Å². The zero-order valence-electron chi connectivity index (χ0n) is 15.0. The molecule has 27 heavy (non-hydrogen) atoms. The lowest BCUT2D eigenvalue weighted by molar-refractivity contribution is -0.137. The summed E-state index contributed by atoms with van der Waals surface area (Å²) in [7, 11) is -4.12. The van der Waals surface area contributed by atoms with Crippen LogP contribution in [-0.2, 0) is 21.0 Å². The molecule has 0 spiro atoms. The van der Waals surface area contributed by atoms with Crippen LogP contribution in [0.4, 0.5) is 13.2 Å². The van der Waals surface area contributed by atoms with E-state index in [1.54, 1.807) is 18.7 Å². The van der Waals surface area contributed by atoms with Gasteiger partial charge in [0.05, 0.1) is 10.5 Å². The Labute approximate surface area is 162 Å². The van der Waals surface area contributed by atoms with E-state index >= 15 is 0 Å². The van der Waals surface area contributed by atoms with Gasteiger partial charge in [-0.05, 0) is 44.9 Å². The molecule has 1 heterocycles. The van der Waals surface area contributed by atoms with Gasteiger partial charge >= 0.3 is 6.18 Å². The molecule has 1 amide bonds. The molecule has 1 saturated heterocycles. The number of amides is 1. The van der Waals surface area contributed by atoms with Crippen molar-refractivity contribution in [3.05, 3.63) is 29.8 Å². The third-order valence-electron chi connectivity index (χ3n) is 4.54. The number of hydrogen-bond acceptors (Lipinski definition) is 3. The first-order chi connectivity index (χ1) is 12.5. The number of rotatable bonds is 5. The molecule has 1 aromatic carbocycles. The van der Waals surface area contributed by atoms with Gasteiger partial charge in [-0.25, -0.2) is 8.42 Å². The molecule has 5 nitrogen and oxygen atoms in total. The monoisotopic (exact) mass is 426 g/mol. The number of sulfonamides is 1. The average molecular weight is 427 g/mol. The van der Waals surface area contributed by atoms with E-state index in [0.29, 0.717) is 32.0 Å². The molecule has 152 valence electrons. The van der Waals surface area contributed by atoms with Gasteiger partial charge in [0.15, 0.2) is 0 Å². The highest BCUT2D eigenvalue weighted by molar-refractivity contribution is 7.89. The van der Waals surface area contributed by atoms with Crippen molar-refractivity contribution in [2.24, 2.45) is 0 Å². The summed E-state index contributed by atoms with van der Waals surface area (Å²) in [5.74, 6) is -0.354. The average Bonchev–Trinajstić information content (AvgIpc) is 2.60. The predicted molar refractivity (Wildman–Crippen MR) is 95.9 cm³/mol. The van der Waals surface area contributed by atoms with Crippen molar-refractivity contribution >= 4 is 27.5 Å². The Morgan fingerprint density at radius 2 is 1.89 bits per heavy atom. The zero-order chi connectivity index (χ0) is 20.4. The number of benzene rings is 1. The first kappa shape index (κ1) is 22.0. The van der Waals surface area contributed by atoms with Crippen molar-refractivity contribution in [3.63, 3.8) is 0 Å². The number of carbonyl (C=O) groups is 1. The van der Waals surface area contributed by atoms with Crippen LogP contribution in [0.25, 0.3) is 0 Å². The van der Waals surface area contributed by atoms with Crippen molar-refractivity contribution in [2.45, 2.75) is 49.8 Å². The van der Waals surface area contributed by atoms with Crippen LogP contribution in [0.5, 0.6) is 0 Å². The van der Waals surface area contributed by atoms with Crippen LogP contribution in [-0.4, -0.2) is 54.6 Å². The lowest BCUT2D eigenvalue weighted by Crippen LogP contribution is -2.51. The number of halogens is 4. The highest BCUT2D eigenvalue weighted by Gasteiger charge is 2.38. The first-order valence-electron chi connectivity index (χ1n) is 8.53. The molecule has 1 aliphatic rings. The Hall–Kier alpha value is -1.32. The molecular formula is C17H22ClF3N2O3S. The van der Waals surface area contributed by atoms with Gasteiger partial charge in [-0.3, -0.25) is 4.79 Å². The zero-order valence-corrected chi connectivity index (χ0v) is 16.6. The number of nitrogens with zero attached hydrogens (tertiary/aromatic N) is 2. The predicted octanol–water partition coefficient (Wildman–Crippen LogP) is 3.33. The topological polar surface area (TPSA) is 57.7 Å². The van der Waals surface area contributed by atoms with E-state index in [9.17, 15) is 26.4 Å². The Kier molecular flexibility index (Phi) is 6.81. The molecule has 10 heteroatoms. The minimum absolute atomic E-state index is 0.138. The minimum atomic E-state index is -4.62. The highest BCUT2D eigenvalue weighted by atomic mass is 35.5. The molecule has 1 aromatic rings. The van der Waals surface area contributed by atoms with Crippen LogP contribution in [0.1, 0.15) is 32.3 Å². The van der Waals surface area contributed by atoms with Crippen LogP contribution in [0.2, 0.25) is 0 Å². The second-order valence-corrected chi connectivity index (χ2v) is 8.81. The SMILES string of the molecule is CC(C)N(C1CCN(C(=O)CCl)CC1)S(=O)(=O)c1cccc(C(F)(F)F)c1. The molecule has 0 unspecified atom stereocenters. The van der Waals surface area contributed by atoms with Crippen LogP contribution in [0.15, 0.2) is 29.2 Å². The van der Waals surface area contributed by atoms with Gasteiger partial charge in [-0.1, -0.05) is 6.07 Å². The van der Waals surface area contributed by atoms with Crippen molar-refractivity contribution in [1.82, 2.24) is 9.21 Å². The van der Waals surface area contributed by atoms with E-state index < -0.39 is 33.8 Å². The lowest BCUT2D eigenvalue weighted by Gasteiger charge is -2.39. The van der Waals surface area contributed by atoms with Crippen molar-refractivity contribution in [2.75, 3.05) is 19.0 Å². The standard InChI is InChI=1S/C17H22ClF3N2O3S/c1-12(2)23(14-6-8-22(9-7-14)16(24)11-18)27(25,26)15-5-3-4-13(10-15)17(19,20)21/h3-5,10,12,14H,6-9,11H2,1-2H3. The van der Waals surface area contributed by atoms with Gasteiger partial charge in [0.2, 0.25) is 15.9 Å². The Bertz CT molecular complexity index is 776. The van der Waals surface area contributed by atoms with Crippen LogP contribution in [0.3, 0.4) is 0 Å². The van der Waals surface area contributed by atoms with Gasteiger partial charge in [0, 0.05) is 25.2 Å². The third kappa shape index (κ3) is 4.94. The molecular weight excluding hydrogens is 405 g/mol. The summed E-state index contributed by atoms with van der Waals surface area (Å²) < 4.78 is 66.3. The fourth-order valence-electron chi connectivity index (χ4n) is 3.30. The van der Waals surface area contributed by atoms with E-state index in [0.717, 1.165) is 12.1 Å². The fraction of sp³-hybridized carbons (Fsp3) is 0.588. The van der Waals surface area contributed by atoms with E-state index in [4.69, 9.17) is 11.6 Å². The van der Waals surface area contributed by atoms with Gasteiger partial charge in [-0.2, -0.15) is 17.5 Å². The van der Waals surface area contributed by atoms with Gasteiger partial charge in [-0.15, -0.1) is 11.6 Å². The van der Waals surface area contributed by atoms with Crippen LogP contribution in [0, 0.1) is 0 Å². The number of piperidine rings is 1. The first-order valence-corrected chi connectivity index (χ1v) is 10.5. The third-order valence-corrected chi connectivity index (χ3v) is 6.89. The van der Waals surface area contributed by atoms with Gasteiger partial charge in [0.25, 0.3) is 0 Å². The molecule has 1 aliphatic heterocycles. The van der Waals surface area contributed by atoms with E-state index in [2.05, 4.69) is 0 Å². The van der Waals surface area contributed by atoms with Crippen molar-refractivity contribution in [1.29, 1.82) is 0 Å². The summed E-state index contributed by atoms with van der Waals surface area (Å²) >= 11 is 5.55. The van der Waals surface area contributed by atoms with Gasteiger partial charge in [0.1, 0.15) is 5.88 Å². The largest absolute Gasteiger partial charge is 0.416 e. The van der Waals surface area contributed by atoms with E-state index in [1.165, 1.54) is 10.4 Å². The number of alkyl halides is 4. The van der Waals surface area contributed by atoms with Gasteiger partial charge < -0.3 is 4.90 Å². The molecule has 2 rings (SSSR count). The molecule has 0 N–H and O–H groups in total. The second kappa shape index (κ2) is 8.36. The molecule has 0 aliphatic carbocycles. The Morgan fingerprint density at radius 3 is 2.37 bits per heavy atom.